The van der Waals surface area contributed by atoms with Gasteiger partial charge in [0.25, 0.3) is 5.91 Å². The number of hydrogen-bond donors (Lipinski definition) is 0. The number of carbonyl (C=O) groups is 1. The molecule has 1 spiro atoms. The van der Waals surface area contributed by atoms with Gasteiger partial charge in [0.2, 0.25) is 0 Å². The fraction of sp³-hybridized carbons (Fsp3) is 0.545. The number of nitrogens with zero attached hydrogens (tertiary/aromatic N) is 8. The maximum atomic E-state index is 13.7. The van der Waals surface area contributed by atoms with Crippen molar-refractivity contribution in [3.63, 3.8) is 0 Å². The molecular formula is C22H26N8O2S. The Balaban J connectivity index is 1.20. The third kappa shape index (κ3) is 3.59. The first kappa shape index (κ1) is 20.7. The van der Waals surface area contributed by atoms with Crippen molar-refractivity contribution in [3.8, 4) is 11.5 Å². The molecule has 3 aromatic rings. The first-order chi connectivity index (χ1) is 16.0. The highest BCUT2D eigenvalue weighted by Crippen LogP contribution is 2.57. The minimum atomic E-state index is -0.0768. The second-order valence-corrected chi connectivity index (χ2v) is 10.2. The van der Waals surface area contributed by atoms with E-state index in [1.165, 1.54) is 6.33 Å². The van der Waals surface area contributed by atoms with Crippen LogP contribution < -0.4 is 4.90 Å². The molecule has 3 fully saturated rings. The van der Waals surface area contributed by atoms with Crippen LogP contribution in [-0.4, -0.2) is 60.4 Å². The van der Waals surface area contributed by atoms with Gasteiger partial charge in [-0.05, 0) is 31.6 Å². The maximum absolute atomic E-state index is 13.7. The molecule has 3 aromatic heterocycles. The third-order valence-corrected chi connectivity index (χ3v) is 7.93. The van der Waals surface area contributed by atoms with Crippen LogP contribution in [-0.2, 0) is 16.7 Å². The number of rotatable bonds is 4. The Labute approximate surface area is 195 Å². The lowest BCUT2D eigenvalue weighted by atomic mass is 9.81. The van der Waals surface area contributed by atoms with Crippen LogP contribution in [0.4, 0.5) is 5.82 Å². The molecule has 0 unspecified atom stereocenters. The van der Waals surface area contributed by atoms with Crippen molar-refractivity contribution in [1.29, 1.82) is 0 Å². The van der Waals surface area contributed by atoms with Crippen molar-refractivity contribution >= 4 is 23.1 Å². The minimum absolute atomic E-state index is 0.0142. The van der Waals surface area contributed by atoms with Gasteiger partial charge >= 0.3 is 0 Å². The van der Waals surface area contributed by atoms with Gasteiger partial charge in [0.1, 0.15) is 30.2 Å². The van der Waals surface area contributed by atoms with Crippen molar-refractivity contribution in [2.45, 2.75) is 38.6 Å². The van der Waals surface area contributed by atoms with Crippen molar-refractivity contribution in [2.75, 3.05) is 24.6 Å². The molecule has 0 bridgehead atoms. The van der Waals surface area contributed by atoms with Crippen LogP contribution in [0.5, 0.6) is 0 Å². The highest BCUT2D eigenvalue weighted by Gasteiger charge is 2.57. The van der Waals surface area contributed by atoms with Crippen LogP contribution in [0.15, 0.2) is 24.1 Å². The lowest BCUT2D eigenvalue weighted by Gasteiger charge is -2.40. The van der Waals surface area contributed by atoms with Crippen molar-refractivity contribution in [2.24, 2.45) is 18.4 Å². The van der Waals surface area contributed by atoms with E-state index >= 15 is 0 Å². The molecule has 11 heteroatoms. The van der Waals surface area contributed by atoms with Gasteiger partial charge in [-0.15, -0.1) is 11.3 Å². The number of amides is 1. The molecule has 1 aliphatic carbocycles. The van der Waals surface area contributed by atoms with Gasteiger partial charge in [-0.25, -0.2) is 29.7 Å². The molecule has 2 saturated heterocycles. The first-order valence-electron chi connectivity index (χ1n) is 11.3. The summed E-state index contributed by atoms with van der Waals surface area (Å²) in [5.74, 6) is 1.66. The largest absolute Gasteiger partial charge is 0.356 e. The molecule has 2 atom stereocenters. The van der Waals surface area contributed by atoms with Crippen LogP contribution in [0.1, 0.15) is 42.4 Å². The molecule has 5 heterocycles. The van der Waals surface area contributed by atoms with E-state index in [1.54, 1.807) is 27.4 Å². The number of aryl methyl sites for hydroxylation is 2. The smallest absolute Gasteiger partial charge is 0.250 e. The summed E-state index contributed by atoms with van der Waals surface area (Å²) in [4.78, 5) is 39.6. The molecule has 1 amide bonds. The highest BCUT2D eigenvalue weighted by atomic mass is 32.1. The van der Waals surface area contributed by atoms with Crippen LogP contribution in [0.2, 0.25) is 0 Å². The molecular weight excluding hydrogens is 440 g/mol. The Morgan fingerprint density at radius 2 is 2.09 bits per heavy atom. The molecule has 33 heavy (non-hydrogen) atoms. The summed E-state index contributed by atoms with van der Waals surface area (Å²) in [5.41, 5.74) is 1.68. The van der Waals surface area contributed by atoms with Crippen LogP contribution in [0, 0.1) is 18.3 Å². The zero-order valence-electron chi connectivity index (χ0n) is 18.7. The average Bonchev–Trinajstić information content (AvgIpc) is 3.22. The van der Waals surface area contributed by atoms with Crippen LogP contribution >= 0.6 is 11.3 Å². The monoisotopic (exact) mass is 466 g/mol. The summed E-state index contributed by atoms with van der Waals surface area (Å²) < 4.78 is 1.70. The van der Waals surface area contributed by atoms with Crippen molar-refractivity contribution in [1.82, 2.24) is 34.8 Å². The van der Waals surface area contributed by atoms with Gasteiger partial charge in [0.05, 0.1) is 17.3 Å². The van der Waals surface area contributed by atoms with E-state index in [-0.39, 0.29) is 23.3 Å². The number of carbonyl (C=O) groups excluding carboxylic acids is 1. The third-order valence-electron chi connectivity index (χ3n) is 7.14. The number of piperidine rings is 1. The second kappa shape index (κ2) is 7.84. The van der Waals surface area contributed by atoms with E-state index in [1.807, 2.05) is 25.4 Å². The Kier molecular flexibility index (Phi) is 4.91. The molecule has 10 nitrogen and oxygen atoms in total. The highest BCUT2D eigenvalue weighted by molar-refractivity contribution is 7.09. The summed E-state index contributed by atoms with van der Waals surface area (Å²) in [5, 5.41) is 8.83. The molecule has 3 aliphatic rings. The SMILES string of the molecule is Cc1nc([C@@H]2CCON2C(=O)[C@@H]2CCN(c3cc(-c4ncnn4C)ncn3)CC23CC3)cs1. The lowest BCUT2D eigenvalue weighted by Crippen LogP contribution is -2.49. The zero-order chi connectivity index (χ0) is 22.6. The first-order valence-corrected chi connectivity index (χ1v) is 12.2. The Bertz CT molecular complexity index is 1190. The average molecular weight is 467 g/mol. The molecule has 0 aromatic carbocycles. The van der Waals surface area contributed by atoms with Crippen molar-refractivity contribution < 1.29 is 9.63 Å². The van der Waals surface area contributed by atoms with Gasteiger partial charge < -0.3 is 4.90 Å². The summed E-state index contributed by atoms with van der Waals surface area (Å²) >= 11 is 1.62. The van der Waals surface area contributed by atoms with Gasteiger partial charge in [-0.2, -0.15) is 5.10 Å². The predicted molar refractivity (Wildman–Crippen MR) is 121 cm³/mol. The number of hydrogen-bond acceptors (Lipinski definition) is 9. The maximum Gasteiger partial charge on any atom is 0.250 e. The Morgan fingerprint density at radius 1 is 1.21 bits per heavy atom. The summed E-state index contributed by atoms with van der Waals surface area (Å²) in [6, 6.07) is 1.89. The number of hydroxylamine groups is 2. The molecule has 0 radical (unpaired) electrons. The second-order valence-electron chi connectivity index (χ2n) is 9.19. The lowest BCUT2D eigenvalue weighted by molar-refractivity contribution is -0.185. The van der Waals surface area contributed by atoms with Crippen LogP contribution in [0.3, 0.4) is 0 Å². The van der Waals surface area contributed by atoms with Crippen LogP contribution in [0.25, 0.3) is 11.5 Å². The minimum Gasteiger partial charge on any atom is -0.356 e. The quantitative estimate of drug-likeness (QED) is 0.578. The standard InChI is InChI=1S/C22H26N8O2S/c1-14-27-17(10-33-14)18-4-8-32-30(18)21(31)15-3-7-29(11-22(15)5-6-22)19-9-16(23-12-24-19)20-25-13-26-28(20)2/h9-10,12-13,15,18H,3-8,11H2,1-2H3/t15-,18-/m0/s1. The van der Waals surface area contributed by atoms with Gasteiger partial charge in [-0.1, -0.05) is 0 Å². The van der Waals surface area contributed by atoms with Gasteiger partial charge in [0, 0.05) is 43.9 Å². The molecule has 2 aliphatic heterocycles. The zero-order valence-corrected chi connectivity index (χ0v) is 19.5. The molecule has 6 rings (SSSR count). The summed E-state index contributed by atoms with van der Waals surface area (Å²) in [6.07, 6.45) is 6.78. The Morgan fingerprint density at radius 3 is 2.82 bits per heavy atom. The van der Waals surface area contributed by atoms with Gasteiger partial charge in [0.15, 0.2) is 5.82 Å². The molecule has 172 valence electrons. The number of aromatic nitrogens is 6. The fourth-order valence-corrected chi connectivity index (χ4v) is 5.88. The van der Waals surface area contributed by atoms with E-state index in [9.17, 15) is 4.79 Å². The number of anilines is 1. The van der Waals surface area contributed by atoms with E-state index in [2.05, 4.69) is 29.9 Å². The van der Waals surface area contributed by atoms with E-state index in [0.29, 0.717) is 12.4 Å². The van der Waals surface area contributed by atoms with Crippen molar-refractivity contribution in [3.05, 3.63) is 34.8 Å². The Hall–Kier alpha value is -2.92. The number of thiazole rings is 1. The summed E-state index contributed by atoms with van der Waals surface area (Å²) in [7, 11) is 1.85. The van der Waals surface area contributed by atoms with E-state index in [4.69, 9.17) is 4.84 Å². The summed E-state index contributed by atoms with van der Waals surface area (Å²) in [6.45, 7) is 4.13. The fourth-order valence-electron chi connectivity index (χ4n) is 5.22. The van der Waals surface area contributed by atoms with Gasteiger partial charge in [-0.3, -0.25) is 9.63 Å². The normalized spacial score (nSPS) is 23.9. The molecule has 0 N–H and O–H groups in total. The predicted octanol–water partition coefficient (Wildman–Crippen LogP) is 2.55. The topological polar surface area (TPSA) is 102 Å². The van der Waals surface area contributed by atoms with E-state index in [0.717, 1.165) is 61.0 Å². The van der Waals surface area contributed by atoms with E-state index < -0.39 is 0 Å². The molecule has 1 saturated carbocycles.